The second kappa shape index (κ2) is 3.13. The Labute approximate surface area is 74.9 Å². The van der Waals surface area contributed by atoms with Gasteiger partial charge in [-0.15, -0.1) is 0 Å². The monoisotopic (exact) mass is 160 g/mol. The molecule has 0 bridgehead atoms. The summed E-state index contributed by atoms with van der Waals surface area (Å²) >= 11 is 0. The van der Waals surface area contributed by atoms with Gasteiger partial charge in [-0.05, 0) is 12.1 Å². The van der Waals surface area contributed by atoms with Gasteiger partial charge in [0.05, 0.1) is 5.69 Å². The fourth-order valence-electron chi connectivity index (χ4n) is 0.779. The highest BCUT2D eigenvalue weighted by Crippen LogP contribution is 2.18. The third kappa shape index (κ3) is 2.53. The zero-order chi connectivity index (χ0) is 9.19. The number of nitrogens with two attached hydrogens (primary N) is 1. The molecule has 0 spiro atoms. The normalized spacial score (nSPS) is 11.0. The molecule has 3 nitrogen and oxygen atoms in total. The van der Waals surface area contributed by atoms with Crippen LogP contribution in [-0.4, -0.2) is 33.8 Å². The standard InChI is InChI=1S/C6H11B3N2O/c7-6(8,9)12-5-4(10)2-1-3-11-5/h1-3H,7-10H2. The summed E-state index contributed by atoms with van der Waals surface area (Å²) in [6, 6.07) is 3.55. The number of pyridine rings is 1. The maximum absolute atomic E-state index is 5.64. The van der Waals surface area contributed by atoms with Gasteiger partial charge in [-0.25, -0.2) is 4.98 Å². The molecule has 1 aromatic heterocycles. The number of hydrogen-bond donors (Lipinski definition) is 1. The maximum Gasteiger partial charge on any atom is 0.235 e. The maximum atomic E-state index is 5.64. The van der Waals surface area contributed by atoms with Crippen LogP contribution in [0.1, 0.15) is 0 Å². The molecule has 0 aliphatic heterocycles. The van der Waals surface area contributed by atoms with Gasteiger partial charge >= 0.3 is 0 Å². The average Bonchev–Trinajstić information content (AvgIpc) is 1.91. The molecule has 1 rings (SSSR count). The number of anilines is 1. The zero-order valence-corrected chi connectivity index (χ0v) is 7.66. The minimum atomic E-state index is -0.248. The van der Waals surface area contributed by atoms with Crippen LogP contribution >= 0.6 is 0 Å². The number of hydrogen-bond acceptors (Lipinski definition) is 3. The van der Waals surface area contributed by atoms with Crippen molar-refractivity contribution in [1.29, 1.82) is 0 Å². The topological polar surface area (TPSA) is 48.1 Å². The van der Waals surface area contributed by atoms with Crippen LogP contribution in [0.3, 0.4) is 0 Å². The molecule has 0 unspecified atom stereocenters. The molecule has 1 aromatic rings. The van der Waals surface area contributed by atoms with Gasteiger partial charge in [-0.3, -0.25) is 0 Å². The summed E-state index contributed by atoms with van der Waals surface area (Å²) < 4.78 is 5.50. The second-order valence-electron chi connectivity index (χ2n) is 3.61. The molecule has 12 heavy (non-hydrogen) atoms. The number of nitrogen functional groups attached to an aromatic ring is 1. The minimum Gasteiger partial charge on any atom is -0.497 e. The lowest BCUT2D eigenvalue weighted by Crippen LogP contribution is -2.38. The Bertz CT molecular complexity index is 274. The summed E-state index contributed by atoms with van der Waals surface area (Å²) in [5.41, 5.74) is 6.22. The molecule has 1 heterocycles. The molecule has 0 atom stereocenters. The first-order valence-electron chi connectivity index (χ1n) is 3.88. The SMILES string of the molecule is BC(B)(B)Oc1ncccc1N. The lowest BCUT2D eigenvalue weighted by Gasteiger charge is -2.21. The molecule has 60 valence electrons. The Kier molecular flexibility index (Phi) is 2.36. The van der Waals surface area contributed by atoms with Crippen molar-refractivity contribution < 1.29 is 4.74 Å². The zero-order valence-electron chi connectivity index (χ0n) is 7.66. The van der Waals surface area contributed by atoms with Crippen molar-refractivity contribution in [2.75, 3.05) is 5.73 Å². The number of ether oxygens (including phenoxy) is 1. The fraction of sp³-hybridized carbons (Fsp3) is 0.167. The Morgan fingerprint density at radius 3 is 2.58 bits per heavy atom. The van der Waals surface area contributed by atoms with Crippen molar-refractivity contribution in [3.05, 3.63) is 18.3 Å². The Morgan fingerprint density at radius 2 is 2.08 bits per heavy atom. The molecular formula is C6H11B3N2O. The number of rotatable bonds is 2. The highest BCUT2D eigenvalue weighted by Gasteiger charge is 2.14. The van der Waals surface area contributed by atoms with Crippen LogP contribution in [-0.2, 0) is 0 Å². The van der Waals surface area contributed by atoms with Gasteiger partial charge in [0, 0.05) is 11.5 Å². The molecule has 0 aromatic carbocycles. The highest BCUT2D eigenvalue weighted by molar-refractivity contribution is 6.58. The first-order valence-corrected chi connectivity index (χ1v) is 3.88. The van der Waals surface area contributed by atoms with Crippen LogP contribution in [0.4, 0.5) is 5.69 Å². The van der Waals surface area contributed by atoms with E-state index >= 15 is 0 Å². The highest BCUT2D eigenvalue weighted by atomic mass is 16.5. The minimum absolute atomic E-state index is 0.248. The molecule has 0 amide bonds. The van der Waals surface area contributed by atoms with E-state index in [1.54, 1.807) is 18.3 Å². The average molecular weight is 160 g/mol. The van der Waals surface area contributed by atoms with Gasteiger partial charge < -0.3 is 10.5 Å². The van der Waals surface area contributed by atoms with Crippen molar-refractivity contribution in [2.45, 2.75) is 5.30 Å². The molecule has 0 saturated heterocycles. The summed E-state index contributed by atoms with van der Waals surface area (Å²) in [6.45, 7) is 0. The van der Waals surface area contributed by atoms with E-state index in [9.17, 15) is 0 Å². The van der Waals surface area contributed by atoms with E-state index in [0.717, 1.165) is 0 Å². The predicted molar refractivity (Wildman–Crippen MR) is 57.6 cm³/mol. The fourth-order valence-corrected chi connectivity index (χ4v) is 0.779. The van der Waals surface area contributed by atoms with Crippen molar-refractivity contribution >= 4 is 29.2 Å². The van der Waals surface area contributed by atoms with Gasteiger partial charge in [-0.2, -0.15) is 0 Å². The van der Waals surface area contributed by atoms with Gasteiger partial charge in [0.15, 0.2) is 0 Å². The van der Waals surface area contributed by atoms with E-state index in [4.69, 9.17) is 10.5 Å². The van der Waals surface area contributed by atoms with Crippen LogP contribution < -0.4 is 10.5 Å². The lowest BCUT2D eigenvalue weighted by atomic mass is 9.52. The third-order valence-corrected chi connectivity index (χ3v) is 1.20. The van der Waals surface area contributed by atoms with Crippen molar-refractivity contribution in [3.63, 3.8) is 0 Å². The summed E-state index contributed by atoms with van der Waals surface area (Å²) in [4.78, 5) is 4.02. The van der Waals surface area contributed by atoms with Crippen LogP contribution in [0, 0.1) is 0 Å². The third-order valence-electron chi connectivity index (χ3n) is 1.20. The predicted octanol–water partition coefficient (Wildman–Crippen LogP) is -2.45. The summed E-state index contributed by atoms with van der Waals surface area (Å²) in [7, 11) is 5.88. The van der Waals surface area contributed by atoms with Gasteiger partial charge in [0.2, 0.25) is 5.88 Å². The van der Waals surface area contributed by atoms with Crippen LogP contribution in [0.25, 0.3) is 0 Å². The van der Waals surface area contributed by atoms with E-state index in [1.807, 2.05) is 23.5 Å². The summed E-state index contributed by atoms with van der Waals surface area (Å²) in [6.07, 6.45) is 1.66. The van der Waals surface area contributed by atoms with E-state index in [2.05, 4.69) is 4.98 Å². The van der Waals surface area contributed by atoms with Crippen molar-refractivity contribution in [2.24, 2.45) is 0 Å². The van der Waals surface area contributed by atoms with Crippen LogP contribution in [0.2, 0.25) is 0 Å². The molecule has 6 heteroatoms. The van der Waals surface area contributed by atoms with Crippen molar-refractivity contribution in [3.8, 4) is 5.88 Å². The molecular weight excluding hydrogens is 149 g/mol. The number of nitrogens with zero attached hydrogens (tertiary/aromatic N) is 1. The molecule has 0 radical (unpaired) electrons. The molecule has 0 aliphatic rings. The number of aromatic nitrogens is 1. The van der Waals surface area contributed by atoms with E-state index < -0.39 is 0 Å². The van der Waals surface area contributed by atoms with E-state index in [1.165, 1.54) is 0 Å². The van der Waals surface area contributed by atoms with Gasteiger partial charge in [-0.1, -0.05) is 0 Å². The van der Waals surface area contributed by atoms with Gasteiger partial charge in [0.1, 0.15) is 23.5 Å². The van der Waals surface area contributed by atoms with Gasteiger partial charge in [0.25, 0.3) is 0 Å². The molecule has 2 N–H and O–H groups in total. The summed E-state index contributed by atoms with van der Waals surface area (Å²) in [5.74, 6) is 0.505. The van der Waals surface area contributed by atoms with E-state index in [-0.39, 0.29) is 5.30 Å². The summed E-state index contributed by atoms with van der Waals surface area (Å²) in [5, 5.41) is -0.248. The Hall–Kier alpha value is -1.06. The van der Waals surface area contributed by atoms with Crippen LogP contribution in [0.5, 0.6) is 5.88 Å². The van der Waals surface area contributed by atoms with Crippen LogP contribution in [0.15, 0.2) is 18.3 Å². The lowest BCUT2D eigenvalue weighted by molar-refractivity contribution is 0.307. The second-order valence-corrected chi connectivity index (χ2v) is 3.61. The largest absolute Gasteiger partial charge is 0.497 e. The van der Waals surface area contributed by atoms with E-state index in [0.29, 0.717) is 11.6 Å². The molecule has 0 fully saturated rings. The Balaban J connectivity index is 2.83. The molecule has 0 aliphatic carbocycles. The Morgan fingerprint density at radius 1 is 1.42 bits per heavy atom. The first-order chi connectivity index (χ1) is 5.49. The smallest absolute Gasteiger partial charge is 0.235 e. The first kappa shape index (κ1) is 9.04. The quantitative estimate of drug-likeness (QED) is 0.488. The van der Waals surface area contributed by atoms with Crippen molar-refractivity contribution in [1.82, 2.24) is 4.98 Å². The molecule has 0 saturated carbocycles.